The Morgan fingerprint density at radius 3 is 2.07 bits per heavy atom. The summed E-state index contributed by atoms with van der Waals surface area (Å²) in [5.74, 6) is 1.36. The molecule has 7 heteroatoms. The highest BCUT2D eigenvalue weighted by Gasteiger charge is 2.13. The molecule has 0 aliphatic carbocycles. The van der Waals surface area contributed by atoms with E-state index in [0.717, 1.165) is 11.3 Å². The van der Waals surface area contributed by atoms with Crippen LogP contribution in [0.5, 0.6) is 11.5 Å². The molecule has 3 aromatic rings. The molecule has 0 saturated heterocycles. The second-order valence-electron chi connectivity index (χ2n) is 6.04. The van der Waals surface area contributed by atoms with E-state index in [-0.39, 0.29) is 4.90 Å². The van der Waals surface area contributed by atoms with Gasteiger partial charge in [0.2, 0.25) is 0 Å². The van der Waals surface area contributed by atoms with Gasteiger partial charge in [-0.05, 0) is 54.1 Å². The van der Waals surface area contributed by atoms with Crippen molar-refractivity contribution in [3.63, 3.8) is 0 Å². The average molecular weight is 398 g/mol. The van der Waals surface area contributed by atoms with E-state index in [2.05, 4.69) is 10.0 Å². The first kappa shape index (κ1) is 19.6. The van der Waals surface area contributed by atoms with E-state index in [1.165, 1.54) is 0 Å². The van der Waals surface area contributed by atoms with Gasteiger partial charge in [0.05, 0.1) is 19.1 Å². The molecule has 0 aliphatic heterocycles. The number of benzene rings is 3. The monoisotopic (exact) mass is 398 g/mol. The maximum absolute atomic E-state index is 12.4. The summed E-state index contributed by atoms with van der Waals surface area (Å²) >= 11 is 0. The van der Waals surface area contributed by atoms with Crippen molar-refractivity contribution in [1.29, 1.82) is 0 Å². The summed E-state index contributed by atoms with van der Waals surface area (Å²) in [5, 5.41) is 3.30. The lowest BCUT2D eigenvalue weighted by Crippen LogP contribution is -2.12. The third-order valence-electron chi connectivity index (χ3n) is 4.14. The number of ether oxygens (including phenoxy) is 2. The summed E-state index contributed by atoms with van der Waals surface area (Å²) in [7, 11) is -0.390. The van der Waals surface area contributed by atoms with Crippen LogP contribution in [0.25, 0.3) is 0 Å². The lowest BCUT2D eigenvalue weighted by molar-refractivity contribution is 0.354. The van der Waals surface area contributed by atoms with Gasteiger partial charge >= 0.3 is 0 Å². The van der Waals surface area contributed by atoms with Crippen molar-refractivity contribution in [1.82, 2.24) is 0 Å². The van der Waals surface area contributed by atoms with E-state index < -0.39 is 10.0 Å². The van der Waals surface area contributed by atoms with Gasteiger partial charge < -0.3 is 14.8 Å². The maximum atomic E-state index is 12.4. The summed E-state index contributed by atoms with van der Waals surface area (Å²) in [6.07, 6.45) is 0. The fourth-order valence-corrected chi connectivity index (χ4v) is 3.74. The molecule has 0 amide bonds. The zero-order chi connectivity index (χ0) is 20.0. The quantitative estimate of drug-likeness (QED) is 0.597. The number of rotatable bonds is 8. The van der Waals surface area contributed by atoms with E-state index >= 15 is 0 Å². The van der Waals surface area contributed by atoms with Crippen LogP contribution in [0.3, 0.4) is 0 Å². The molecule has 146 valence electrons. The second kappa shape index (κ2) is 8.67. The molecular weight excluding hydrogens is 376 g/mol. The van der Waals surface area contributed by atoms with Gasteiger partial charge in [-0.15, -0.1) is 0 Å². The van der Waals surface area contributed by atoms with Gasteiger partial charge in [0.1, 0.15) is 0 Å². The highest BCUT2D eigenvalue weighted by molar-refractivity contribution is 7.92. The van der Waals surface area contributed by atoms with Crippen LogP contribution in [0.1, 0.15) is 5.56 Å². The Hall–Kier alpha value is -3.19. The fourth-order valence-electron chi connectivity index (χ4n) is 2.66. The molecule has 2 N–H and O–H groups in total. The standard InChI is InChI=1S/C21H22N2O4S/c1-26-20-13-8-16(14-21(20)27-2)15-22-17-9-11-18(12-10-17)23-28(24,25)19-6-4-3-5-7-19/h3-14,22-23H,15H2,1-2H3. The molecule has 0 saturated carbocycles. The van der Waals surface area contributed by atoms with Crippen LogP contribution >= 0.6 is 0 Å². The average Bonchev–Trinajstić information content (AvgIpc) is 2.73. The highest BCUT2D eigenvalue weighted by Crippen LogP contribution is 2.28. The molecule has 0 aromatic heterocycles. The van der Waals surface area contributed by atoms with E-state index in [4.69, 9.17) is 9.47 Å². The van der Waals surface area contributed by atoms with Gasteiger partial charge in [-0.25, -0.2) is 8.42 Å². The molecule has 6 nitrogen and oxygen atoms in total. The molecule has 0 unspecified atom stereocenters. The predicted octanol–water partition coefficient (Wildman–Crippen LogP) is 4.12. The number of methoxy groups -OCH3 is 2. The van der Waals surface area contributed by atoms with Crippen LogP contribution < -0.4 is 19.5 Å². The van der Waals surface area contributed by atoms with Gasteiger partial charge in [0, 0.05) is 17.9 Å². The maximum Gasteiger partial charge on any atom is 0.261 e. The SMILES string of the molecule is COc1ccc(CNc2ccc(NS(=O)(=O)c3ccccc3)cc2)cc1OC. The summed E-state index contributed by atoms with van der Waals surface area (Å²) in [6.45, 7) is 0.593. The fraction of sp³-hybridized carbons (Fsp3) is 0.143. The van der Waals surface area contributed by atoms with Crippen LogP contribution in [-0.2, 0) is 16.6 Å². The number of anilines is 2. The van der Waals surface area contributed by atoms with E-state index in [0.29, 0.717) is 23.7 Å². The molecule has 0 atom stereocenters. The van der Waals surface area contributed by atoms with Crippen molar-refractivity contribution in [2.45, 2.75) is 11.4 Å². The largest absolute Gasteiger partial charge is 0.493 e. The Kier molecular flexibility index (Phi) is 6.06. The molecule has 28 heavy (non-hydrogen) atoms. The lowest BCUT2D eigenvalue weighted by Gasteiger charge is -2.12. The summed E-state index contributed by atoms with van der Waals surface area (Å²) < 4.78 is 37.8. The van der Waals surface area contributed by atoms with Gasteiger partial charge in [-0.2, -0.15) is 0 Å². The molecule has 0 fully saturated rings. The van der Waals surface area contributed by atoms with Crippen molar-refractivity contribution < 1.29 is 17.9 Å². The molecular formula is C21H22N2O4S. The zero-order valence-electron chi connectivity index (χ0n) is 15.7. The Morgan fingerprint density at radius 2 is 1.43 bits per heavy atom. The summed E-state index contributed by atoms with van der Waals surface area (Å²) in [4.78, 5) is 0.227. The normalized spacial score (nSPS) is 10.9. The van der Waals surface area contributed by atoms with Crippen LogP contribution in [0.2, 0.25) is 0 Å². The van der Waals surface area contributed by atoms with E-state index in [9.17, 15) is 8.42 Å². The first-order valence-electron chi connectivity index (χ1n) is 8.64. The van der Waals surface area contributed by atoms with Crippen LogP contribution in [0.4, 0.5) is 11.4 Å². The second-order valence-corrected chi connectivity index (χ2v) is 7.72. The predicted molar refractivity (Wildman–Crippen MR) is 111 cm³/mol. The molecule has 0 spiro atoms. The first-order chi connectivity index (χ1) is 13.5. The molecule has 0 bridgehead atoms. The van der Waals surface area contributed by atoms with Crippen molar-refractivity contribution in [2.75, 3.05) is 24.3 Å². The number of hydrogen-bond acceptors (Lipinski definition) is 5. The molecule has 3 aromatic carbocycles. The van der Waals surface area contributed by atoms with Gasteiger partial charge in [-0.3, -0.25) is 4.72 Å². The zero-order valence-corrected chi connectivity index (χ0v) is 16.5. The summed E-state index contributed by atoms with van der Waals surface area (Å²) in [6, 6.07) is 21.1. The van der Waals surface area contributed by atoms with Crippen LogP contribution in [0, 0.1) is 0 Å². The van der Waals surface area contributed by atoms with Gasteiger partial charge in [0.15, 0.2) is 11.5 Å². The van der Waals surface area contributed by atoms with E-state index in [1.54, 1.807) is 56.7 Å². The smallest absolute Gasteiger partial charge is 0.261 e. The number of nitrogens with one attached hydrogen (secondary N) is 2. The molecule has 3 rings (SSSR count). The minimum atomic E-state index is -3.59. The van der Waals surface area contributed by atoms with Gasteiger partial charge in [0.25, 0.3) is 10.0 Å². The van der Waals surface area contributed by atoms with Crippen LogP contribution in [0.15, 0.2) is 77.7 Å². The lowest BCUT2D eigenvalue weighted by atomic mass is 10.2. The Labute approximate surface area is 165 Å². The molecule has 0 radical (unpaired) electrons. The van der Waals surface area contributed by atoms with Crippen molar-refractivity contribution in [3.05, 3.63) is 78.4 Å². The van der Waals surface area contributed by atoms with Crippen molar-refractivity contribution in [2.24, 2.45) is 0 Å². The van der Waals surface area contributed by atoms with Crippen molar-refractivity contribution in [3.8, 4) is 11.5 Å². The minimum absolute atomic E-state index is 0.227. The van der Waals surface area contributed by atoms with Crippen molar-refractivity contribution >= 4 is 21.4 Å². The minimum Gasteiger partial charge on any atom is -0.493 e. The third kappa shape index (κ3) is 4.75. The number of sulfonamides is 1. The van der Waals surface area contributed by atoms with Crippen LogP contribution in [-0.4, -0.2) is 22.6 Å². The van der Waals surface area contributed by atoms with E-state index in [1.807, 2.05) is 30.3 Å². The topological polar surface area (TPSA) is 76.7 Å². The Morgan fingerprint density at radius 1 is 0.786 bits per heavy atom. The summed E-state index contributed by atoms with van der Waals surface area (Å²) in [5.41, 5.74) is 2.41. The molecule has 0 heterocycles. The Bertz CT molecular complexity index is 1020. The number of hydrogen-bond donors (Lipinski definition) is 2. The first-order valence-corrected chi connectivity index (χ1v) is 10.1. The third-order valence-corrected chi connectivity index (χ3v) is 5.53. The molecule has 0 aliphatic rings. The highest BCUT2D eigenvalue weighted by atomic mass is 32.2. The van der Waals surface area contributed by atoms with Gasteiger partial charge in [-0.1, -0.05) is 24.3 Å². The Balaban J connectivity index is 1.63.